The number of allylic oxidation sites excluding steroid dienone is 2. The van der Waals surface area contributed by atoms with Crippen molar-refractivity contribution in [3.63, 3.8) is 0 Å². The average Bonchev–Trinajstić information content (AvgIpc) is 1.81. The highest BCUT2D eigenvalue weighted by atomic mass is 32.1. The molecule has 0 spiro atoms. The molecule has 0 aromatic heterocycles. The highest BCUT2D eigenvalue weighted by Gasteiger charge is 1.70. The largest absolute Gasteiger partial charge is 0.0882 e. The molecule has 0 aliphatic heterocycles. The molecule has 0 heterocycles. The summed E-state index contributed by atoms with van der Waals surface area (Å²) in [6.07, 6.45) is 7.38. The van der Waals surface area contributed by atoms with Crippen molar-refractivity contribution in [2.75, 3.05) is 0 Å². The Morgan fingerprint density at radius 3 is 2.75 bits per heavy atom. The minimum atomic E-state index is 0.815. The van der Waals surface area contributed by atoms with Crippen LogP contribution in [0.25, 0.3) is 0 Å². The average molecular weight is 127 g/mol. The van der Waals surface area contributed by atoms with E-state index in [1.54, 1.807) is 0 Å². The molecular weight excluding hydrogens is 116 g/mol. The fourth-order valence-electron chi connectivity index (χ4n) is 0.416. The minimum Gasteiger partial charge on any atom is -0.0882 e. The van der Waals surface area contributed by atoms with Crippen LogP contribution >= 0.6 is 12.2 Å². The van der Waals surface area contributed by atoms with Gasteiger partial charge in [-0.1, -0.05) is 37.7 Å². The molecule has 0 aliphatic rings. The van der Waals surface area contributed by atoms with Crippen molar-refractivity contribution in [3.8, 4) is 0 Å². The maximum absolute atomic E-state index is 4.50. The van der Waals surface area contributed by atoms with Crippen LogP contribution in [0, 0.1) is 0 Å². The SMILES string of the molecule is CCC/C=C/C[C]=S. The Kier molecular flexibility index (Phi) is 6.68. The van der Waals surface area contributed by atoms with Crippen LogP contribution in [0.15, 0.2) is 12.2 Å². The fraction of sp³-hybridized carbons (Fsp3) is 0.571. The van der Waals surface area contributed by atoms with Crippen LogP contribution in [0.1, 0.15) is 26.2 Å². The number of thiocarbonyl (C=S) groups is 1. The third-order valence-corrected chi connectivity index (χ3v) is 0.990. The van der Waals surface area contributed by atoms with Gasteiger partial charge in [-0.15, -0.1) is 0 Å². The zero-order valence-corrected chi connectivity index (χ0v) is 6.00. The molecule has 0 nitrogen and oxygen atoms in total. The van der Waals surface area contributed by atoms with E-state index >= 15 is 0 Å². The van der Waals surface area contributed by atoms with Crippen LogP contribution < -0.4 is 0 Å². The molecule has 0 aromatic rings. The van der Waals surface area contributed by atoms with Gasteiger partial charge in [0.25, 0.3) is 0 Å². The van der Waals surface area contributed by atoms with Crippen LogP contribution in [0.5, 0.6) is 0 Å². The standard InChI is InChI=1S/C7H11S/c1-2-3-4-5-6-7-8/h4-5H,2-3,6H2,1H3/b5-4+. The monoisotopic (exact) mass is 127 g/mol. The first-order valence-electron chi connectivity index (χ1n) is 2.91. The second kappa shape index (κ2) is 6.83. The third-order valence-electron chi connectivity index (χ3n) is 0.823. The van der Waals surface area contributed by atoms with Crippen LogP contribution in [0.4, 0.5) is 0 Å². The van der Waals surface area contributed by atoms with Gasteiger partial charge >= 0.3 is 0 Å². The molecule has 0 bridgehead atoms. The molecule has 0 amide bonds. The first-order chi connectivity index (χ1) is 3.91. The number of hydrogen-bond donors (Lipinski definition) is 0. The van der Waals surface area contributed by atoms with Gasteiger partial charge in [0.15, 0.2) is 0 Å². The molecule has 0 unspecified atom stereocenters. The van der Waals surface area contributed by atoms with Crippen molar-refractivity contribution >= 4 is 17.6 Å². The lowest BCUT2D eigenvalue weighted by atomic mass is 10.3. The Morgan fingerprint density at radius 1 is 1.50 bits per heavy atom. The smallest absolute Gasteiger partial charge is 0.0332 e. The Hall–Kier alpha value is -0.170. The van der Waals surface area contributed by atoms with Gasteiger partial charge in [-0.3, -0.25) is 0 Å². The van der Waals surface area contributed by atoms with E-state index in [9.17, 15) is 0 Å². The molecule has 1 radical (unpaired) electrons. The highest BCUT2D eigenvalue weighted by Crippen LogP contribution is 1.88. The Balaban J connectivity index is 2.94. The van der Waals surface area contributed by atoms with Crippen molar-refractivity contribution in [2.45, 2.75) is 26.2 Å². The second-order valence-electron chi connectivity index (χ2n) is 1.61. The summed E-state index contributed by atoms with van der Waals surface area (Å²) in [6.45, 7) is 2.16. The molecule has 0 N–H and O–H groups in total. The van der Waals surface area contributed by atoms with Crippen LogP contribution in [-0.4, -0.2) is 5.37 Å². The summed E-state index contributed by atoms with van der Waals surface area (Å²) in [7, 11) is 0. The van der Waals surface area contributed by atoms with E-state index in [1.165, 1.54) is 6.42 Å². The second-order valence-corrected chi connectivity index (χ2v) is 1.90. The molecule has 0 fully saturated rings. The molecule has 0 aromatic carbocycles. The topological polar surface area (TPSA) is 0 Å². The summed E-state index contributed by atoms with van der Waals surface area (Å²) < 4.78 is 0. The molecule has 45 valence electrons. The van der Waals surface area contributed by atoms with Crippen LogP contribution in [0.3, 0.4) is 0 Å². The molecule has 8 heavy (non-hydrogen) atoms. The van der Waals surface area contributed by atoms with E-state index in [4.69, 9.17) is 0 Å². The molecule has 0 saturated heterocycles. The lowest BCUT2D eigenvalue weighted by molar-refractivity contribution is 0.956. The Bertz CT molecular complexity index is 74.5. The molecule has 0 saturated carbocycles. The third kappa shape index (κ3) is 5.83. The predicted molar refractivity (Wildman–Crippen MR) is 41.3 cm³/mol. The molecule has 0 atom stereocenters. The summed E-state index contributed by atoms with van der Waals surface area (Å²) in [6, 6.07) is 0. The summed E-state index contributed by atoms with van der Waals surface area (Å²) >= 11 is 4.50. The van der Waals surface area contributed by atoms with Crippen molar-refractivity contribution in [1.29, 1.82) is 0 Å². The molecular formula is C7H11S. The van der Waals surface area contributed by atoms with Gasteiger partial charge in [0, 0.05) is 11.8 Å². The summed E-state index contributed by atoms with van der Waals surface area (Å²) in [5.74, 6) is 0. The lowest BCUT2D eigenvalue weighted by Gasteiger charge is -1.79. The minimum absolute atomic E-state index is 0.815. The molecule has 0 aliphatic carbocycles. The van der Waals surface area contributed by atoms with Crippen molar-refractivity contribution in [3.05, 3.63) is 12.2 Å². The maximum Gasteiger partial charge on any atom is 0.0332 e. The summed E-state index contributed by atoms with van der Waals surface area (Å²) in [5.41, 5.74) is 0. The number of hydrogen-bond acceptors (Lipinski definition) is 1. The van der Waals surface area contributed by atoms with Crippen LogP contribution in [0.2, 0.25) is 0 Å². The lowest BCUT2D eigenvalue weighted by Crippen LogP contribution is -1.63. The van der Waals surface area contributed by atoms with E-state index < -0.39 is 0 Å². The molecule has 1 heteroatoms. The van der Waals surface area contributed by atoms with Crippen molar-refractivity contribution in [2.24, 2.45) is 0 Å². The Morgan fingerprint density at radius 2 is 2.25 bits per heavy atom. The zero-order chi connectivity index (χ0) is 6.24. The maximum atomic E-state index is 4.50. The van der Waals surface area contributed by atoms with E-state index in [0.717, 1.165) is 12.8 Å². The number of unbranched alkanes of at least 4 members (excludes halogenated alkanes) is 1. The summed E-state index contributed by atoms with van der Waals surface area (Å²) in [4.78, 5) is 0. The van der Waals surface area contributed by atoms with Gasteiger partial charge < -0.3 is 0 Å². The zero-order valence-electron chi connectivity index (χ0n) is 5.18. The van der Waals surface area contributed by atoms with Gasteiger partial charge in [-0.05, 0) is 6.42 Å². The van der Waals surface area contributed by atoms with Gasteiger partial charge in [0.05, 0.1) is 0 Å². The summed E-state index contributed by atoms with van der Waals surface area (Å²) in [5, 5.41) is 2.62. The number of rotatable bonds is 4. The van der Waals surface area contributed by atoms with Crippen LogP contribution in [-0.2, 0) is 0 Å². The quantitative estimate of drug-likeness (QED) is 0.413. The first-order valence-corrected chi connectivity index (χ1v) is 3.32. The van der Waals surface area contributed by atoms with E-state index in [-0.39, 0.29) is 0 Å². The van der Waals surface area contributed by atoms with E-state index in [1.807, 2.05) is 0 Å². The van der Waals surface area contributed by atoms with Gasteiger partial charge in [0.2, 0.25) is 0 Å². The van der Waals surface area contributed by atoms with Gasteiger partial charge in [-0.25, -0.2) is 0 Å². The highest BCUT2D eigenvalue weighted by molar-refractivity contribution is 7.78. The predicted octanol–water partition coefficient (Wildman–Crippen LogP) is 2.61. The van der Waals surface area contributed by atoms with E-state index in [2.05, 4.69) is 36.7 Å². The Labute approximate surface area is 56.6 Å². The van der Waals surface area contributed by atoms with Crippen molar-refractivity contribution in [1.82, 2.24) is 0 Å². The van der Waals surface area contributed by atoms with Crippen molar-refractivity contribution < 1.29 is 0 Å². The first kappa shape index (κ1) is 7.83. The molecule has 0 rings (SSSR count). The fourth-order valence-corrected chi connectivity index (χ4v) is 0.512. The van der Waals surface area contributed by atoms with E-state index in [0.29, 0.717) is 0 Å². The van der Waals surface area contributed by atoms with Gasteiger partial charge in [-0.2, -0.15) is 0 Å². The normalized spacial score (nSPS) is 10.1. The van der Waals surface area contributed by atoms with Gasteiger partial charge in [0.1, 0.15) is 0 Å².